The first-order valence-electron chi connectivity index (χ1n) is 9.34. The summed E-state index contributed by atoms with van der Waals surface area (Å²) in [4.78, 5) is 50.6. The fourth-order valence-electron chi connectivity index (χ4n) is 3.87. The van der Waals surface area contributed by atoms with Crippen molar-refractivity contribution in [1.29, 1.82) is 0 Å². The molecule has 0 aromatic rings. The first-order valence-corrected chi connectivity index (χ1v) is 11.2. The molecule has 9 nitrogen and oxygen atoms in total. The van der Waals surface area contributed by atoms with Gasteiger partial charge in [-0.25, -0.2) is 13.2 Å². The average molecular weight is 412 g/mol. The molecule has 2 aliphatic heterocycles. The van der Waals surface area contributed by atoms with E-state index in [2.05, 4.69) is 5.32 Å². The molecule has 0 radical (unpaired) electrons. The second kappa shape index (κ2) is 7.65. The van der Waals surface area contributed by atoms with Crippen LogP contribution in [0.15, 0.2) is 12.2 Å². The van der Waals surface area contributed by atoms with Gasteiger partial charge in [0.2, 0.25) is 11.8 Å². The van der Waals surface area contributed by atoms with Crippen LogP contribution in [0, 0.1) is 11.8 Å². The number of nitrogens with zero attached hydrogens (tertiary/aromatic N) is 1. The van der Waals surface area contributed by atoms with E-state index in [1.165, 1.54) is 13.8 Å². The minimum Gasteiger partial charge on any atom is -0.451 e. The fourth-order valence-corrected chi connectivity index (χ4v) is 5.54. The molecule has 154 valence electrons. The molecule has 0 aromatic heterocycles. The molecule has 5 atom stereocenters. The van der Waals surface area contributed by atoms with Crippen LogP contribution in [0.2, 0.25) is 0 Å². The summed E-state index contributed by atoms with van der Waals surface area (Å²) in [6, 6.07) is -1.64. The van der Waals surface area contributed by atoms with Crippen LogP contribution in [0.5, 0.6) is 0 Å². The van der Waals surface area contributed by atoms with E-state index < -0.39 is 63.6 Å². The SMILES string of the molecule is C[C@H](OC(=O)[C@H](C)N1C(=O)[C@H]2CC=CC[C@H]2C1=O)C(=O)N[C@@H]1CCS(=O)(=O)C1. The van der Waals surface area contributed by atoms with E-state index in [0.29, 0.717) is 19.3 Å². The van der Waals surface area contributed by atoms with Gasteiger partial charge in [-0.1, -0.05) is 12.2 Å². The summed E-state index contributed by atoms with van der Waals surface area (Å²) in [6.07, 6.45) is 3.80. The Hall–Kier alpha value is -2.23. The van der Waals surface area contributed by atoms with E-state index in [0.717, 1.165) is 4.90 Å². The van der Waals surface area contributed by atoms with Crippen LogP contribution in [0.4, 0.5) is 0 Å². The highest BCUT2D eigenvalue weighted by Crippen LogP contribution is 2.36. The van der Waals surface area contributed by atoms with Crippen molar-refractivity contribution in [2.45, 2.75) is 51.3 Å². The Kier molecular flexibility index (Phi) is 5.60. The van der Waals surface area contributed by atoms with Gasteiger partial charge in [0.25, 0.3) is 5.91 Å². The number of carbonyl (C=O) groups is 4. The number of ether oxygens (including phenoxy) is 1. The number of nitrogens with one attached hydrogen (secondary N) is 1. The number of esters is 1. The van der Waals surface area contributed by atoms with Crippen LogP contribution >= 0.6 is 0 Å². The van der Waals surface area contributed by atoms with Crippen molar-refractivity contribution in [2.24, 2.45) is 11.8 Å². The standard InChI is InChI=1S/C18H24N2O7S/c1-10(20-16(22)13-5-3-4-6-14(13)17(20)23)18(24)27-11(2)15(21)19-12-7-8-28(25,26)9-12/h3-4,10-14H,5-9H2,1-2H3,(H,19,21)/t10-,11-,12+,13-,14+/m0/s1. The van der Waals surface area contributed by atoms with E-state index in [9.17, 15) is 27.6 Å². The zero-order valence-corrected chi connectivity index (χ0v) is 16.6. The van der Waals surface area contributed by atoms with Crippen molar-refractivity contribution in [1.82, 2.24) is 10.2 Å². The zero-order valence-electron chi connectivity index (χ0n) is 15.8. The number of carbonyl (C=O) groups excluding carboxylic acids is 4. The topological polar surface area (TPSA) is 127 Å². The van der Waals surface area contributed by atoms with Crippen molar-refractivity contribution >= 4 is 33.5 Å². The monoisotopic (exact) mass is 412 g/mol. The molecule has 0 saturated carbocycles. The molecule has 0 unspecified atom stereocenters. The first-order chi connectivity index (χ1) is 13.1. The van der Waals surface area contributed by atoms with Crippen LogP contribution in [0.25, 0.3) is 0 Å². The molecule has 3 rings (SSSR count). The van der Waals surface area contributed by atoms with Crippen molar-refractivity contribution in [3.63, 3.8) is 0 Å². The Morgan fingerprint density at radius 3 is 2.21 bits per heavy atom. The molecule has 3 aliphatic rings. The molecule has 2 fully saturated rings. The summed E-state index contributed by atoms with van der Waals surface area (Å²) in [5.74, 6) is -3.26. The van der Waals surface area contributed by atoms with Gasteiger partial charge in [0, 0.05) is 6.04 Å². The minimum atomic E-state index is -3.15. The van der Waals surface area contributed by atoms with Gasteiger partial charge in [-0.05, 0) is 33.1 Å². The quantitative estimate of drug-likeness (QED) is 0.368. The summed E-state index contributed by atoms with van der Waals surface area (Å²) in [5.41, 5.74) is 0. The van der Waals surface area contributed by atoms with Crippen molar-refractivity contribution in [3.05, 3.63) is 12.2 Å². The minimum absolute atomic E-state index is 0.0134. The van der Waals surface area contributed by atoms with E-state index in [4.69, 9.17) is 4.74 Å². The maximum Gasteiger partial charge on any atom is 0.329 e. The molecule has 28 heavy (non-hydrogen) atoms. The predicted octanol–water partition coefficient (Wildman–Crippen LogP) is -0.439. The van der Waals surface area contributed by atoms with Crippen LogP contribution < -0.4 is 5.32 Å². The van der Waals surface area contributed by atoms with Gasteiger partial charge in [0.1, 0.15) is 6.04 Å². The number of rotatable bonds is 5. The number of hydrogen-bond donors (Lipinski definition) is 1. The van der Waals surface area contributed by atoms with E-state index in [1.807, 2.05) is 12.2 Å². The third-order valence-electron chi connectivity index (χ3n) is 5.51. The third-order valence-corrected chi connectivity index (χ3v) is 7.28. The number of hydrogen-bond acceptors (Lipinski definition) is 7. The number of fused-ring (bicyclic) bond motifs is 1. The van der Waals surface area contributed by atoms with E-state index >= 15 is 0 Å². The Morgan fingerprint density at radius 1 is 1.14 bits per heavy atom. The lowest BCUT2D eigenvalue weighted by atomic mass is 9.85. The molecule has 0 bridgehead atoms. The number of imide groups is 1. The first kappa shape index (κ1) is 20.5. The van der Waals surface area contributed by atoms with Crippen molar-refractivity contribution in [3.8, 4) is 0 Å². The lowest BCUT2D eigenvalue weighted by Crippen LogP contribution is -2.48. The number of allylic oxidation sites excluding steroid dienone is 2. The Balaban J connectivity index is 1.57. The van der Waals surface area contributed by atoms with Crippen LogP contribution in [0.1, 0.15) is 33.1 Å². The molecule has 0 aromatic carbocycles. The smallest absolute Gasteiger partial charge is 0.329 e. The largest absolute Gasteiger partial charge is 0.451 e. The highest BCUT2D eigenvalue weighted by atomic mass is 32.2. The van der Waals surface area contributed by atoms with Gasteiger partial charge in [-0.3, -0.25) is 19.3 Å². The molecule has 10 heteroatoms. The van der Waals surface area contributed by atoms with Gasteiger partial charge in [0.05, 0.1) is 23.3 Å². The van der Waals surface area contributed by atoms with Gasteiger partial charge in [-0.2, -0.15) is 0 Å². The normalized spacial score (nSPS) is 30.6. The van der Waals surface area contributed by atoms with Crippen LogP contribution in [-0.2, 0) is 33.8 Å². The summed E-state index contributed by atoms with van der Waals surface area (Å²) >= 11 is 0. The Bertz CT molecular complexity index is 809. The second-order valence-corrected chi connectivity index (χ2v) is 9.79. The number of amides is 3. The predicted molar refractivity (Wildman–Crippen MR) is 97.4 cm³/mol. The number of likely N-dealkylation sites (tertiary alicyclic amines) is 1. The third kappa shape index (κ3) is 3.96. The Labute approximate surface area is 163 Å². The van der Waals surface area contributed by atoms with Gasteiger partial charge >= 0.3 is 5.97 Å². The number of sulfone groups is 1. The van der Waals surface area contributed by atoms with Crippen molar-refractivity contribution < 1.29 is 32.3 Å². The van der Waals surface area contributed by atoms with E-state index in [-0.39, 0.29) is 11.5 Å². The molecular formula is C18H24N2O7S. The summed E-state index contributed by atoms with van der Waals surface area (Å²) < 4.78 is 28.1. The van der Waals surface area contributed by atoms with Gasteiger partial charge in [-0.15, -0.1) is 0 Å². The fraction of sp³-hybridized carbons (Fsp3) is 0.667. The maximum absolute atomic E-state index is 12.5. The van der Waals surface area contributed by atoms with Crippen LogP contribution in [0.3, 0.4) is 0 Å². The maximum atomic E-state index is 12.5. The molecule has 3 amide bonds. The molecule has 2 saturated heterocycles. The highest BCUT2D eigenvalue weighted by Gasteiger charge is 2.50. The molecule has 1 N–H and O–H groups in total. The summed E-state index contributed by atoms with van der Waals surface area (Å²) in [7, 11) is -3.15. The molecule has 2 heterocycles. The highest BCUT2D eigenvalue weighted by molar-refractivity contribution is 7.91. The van der Waals surface area contributed by atoms with Crippen molar-refractivity contribution in [2.75, 3.05) is 11.5 Å². The van der Waals surface area contributed by atoms with Gasteiger partial charge < -0.3 is 10.1 Å². The molecule has 1 aliphatic carbocycles. The lowest BCUT2D eigenvalue weighted by molar-refractivity contribution is -0.164. The summed E-state index contributed by atoms with van der Waals surface area (Å²) in [5, 5.41) is 2.56. The van der Waals surface area contributed by atoms with Gasteiger partial charge in [0.15, 0.2) is 15.9 Å². The zero-order chi connectivity index (χ0) is 20.6. The molecule has 0 spiro atoms. The Morgan fingerprint density at radius 2 is 1.71 bits per heavy atom. The summed E-state index contributed by atoms with van der Waals surface area (Å²) in [6.45, 7) is 2.76. The lowest BCUT2D eigenvalue weighted by Gasteiger charge is -2.23. The second-order valence-electron chi connectivity index (χ2n) is 7.57. The molecular weight excluding hydrogens is 388 g/mol. The van der Waals surface area contributed by atoms with Crippen LogP contribution in [-0.4, -0.2) is 66.7 Å². The average Bonchev–Trinajstić information content (AvgIpc) is 3.11. The van der Waals surface area contributed by atoms with E-state index in [1.54, 1.807) is 0 Å².